The zero-order chi connectivity index (χ0) is 17.4. The molecule has 0 unspecified atom stereocenters. The number of pyridine rings is 1. The minimum atomic E-state index is -4.47. The molecular formula is C17H10F3N5. The summed E-state index contributed by atoms with van der Waals surface area (Å²) in [4.78, 5) is 12.4. The third kappa shape index (κ3) is 2.82. The van der Waals surface area contributed by atoms with Gasteiger partial charge in [0.1, 0.15) is 5.69 Å². The molecule has 1 N–H and O–H groups in total. The Labute approximate surface area is 139 Å². The monoisotopic (exact) mass is 341 g/mol. The summed E-state index contributed by atoms with van der Waals surface area (Å²) >= 11 is 0. The first-order valence-electron chi connectivity index (χ1n) is 7.31. The van der Waals surface area contributed by atoms with E-state index in [0.29, 0.717) is 22.5 Å². The molecule has 0 radical (unpaired) electrons. The number of alkyl halides is 3. The molecule has 0 spiro atoms. The van der Waals surface area contributed by atoms with Crippen molar-refractivity contribution in [2.24, 2.45) is 0 Å². The smallest absolute Gasteiger partial charge is 0.277 e. The molecule has 3 aromatic heterocycles. The van der Waals surface area contributed by atoms with Gasteiger partial charge in [0.25, 0.3) is 0 Å². The van der Waals surface area contributed by atoms with Gasteiger partial charge in [0, 0.05) is 17.3 Å². The summed E-state index contributed by atoms with van der Waals surface area (Å²) < 4.78 is 38.0. The highest BCUT2D eigenvalue weighted by Gasteiger charge is 2.32. The number of para-hydroxylation sites is 2. The number of hydrogen-bond acceptors (Lipinski definition) is 4. The molecule has 1 aromatic carbocycles. The molecule has 0 saturated carbocycles. The first-order valence-corrected chi connectivity index (χ1v) is 7.31. The van der Waals surface area contributed by atoms with E-state index in [0.717, 1.165) is 23.3 Å². The number of nitrogens with one attached hydrogen (secondary N) is 1. The first kappa shape index (κ1) is 15.3. The van der Waals surface area contributed by atoms with Gasteiger partial charge in [0.15, 0.2) is 0 Å². The topological polar surface area (TPSA) is 67.3 Å². The van der Waals surface area contributed by atoms with Gasteiger partial charge in [-0.25, -0.2) is 4.98 Å². The van der Waals surface area contributed by atoms with Crippen LogP contribution >= 0.6 is 0 Å². The Balaban J connectivity index is 1.77. The van der Waals surface area contributed by atoms with Crippen LogP contribution in [0.25, 0.3) is 33.5 Å². The minimum absolute atomic E-state index is 0.482. The van der Waals surface area contributed by atoms with Crippen molar-refractivity contribution in [1.29, 1.82) is 0 Å². The van der Waals surface area contributed by atoms with E-state index in [1.807, 2.05) is 24.3 Å². The number of aromatic nitrogens is 5. The maximum Gasteiger partial charge on any atom is 0.433 e. The van der Waals surface area contributed by atoms with Crippen LogP contribution in [0.15, 0.2) is 55.0 Å². The molecule has 0 bridgehead atoms. The zero-order valence-corrected chi connectivity index (χ0v) is 12.6. The number of rotatable bonds is 2. The summed E-state index contributed by atoms with van der Waals surface area (Å²) in [5.41, 5.74) is 2.76. The third-order valence-electron chi connectivity index (χ3n) is 3.71. The Kier molecular flexibility index (Phi) is 3.45. The van der Waals surface area contributed by atoms with Crippen LogP contribution in [0, 0.1) is 0 Å². The second kappa shape index (κ2) is 5.66. The molecule has 0 fully saturated rings. The van der Waals surface area contributed by atoms with Crippen LogP contribution in [-0.4, -0.2) is 25.1 Å². The van der Waals surface area contributed by atoms with Crippen molar-refractivity contribution in [2.45, 2.75) is 6.18 Å². The largest absolute Gasteiger partial charge is 0.433 e. The average molecular weight is 341 g/mol. The summed E-state index contributed by atoms with van der Waals surface area (Å²) in [6.07, 6.45) is -0.145. The van der Waals surface area contributed by atoms with E-state index in [-0.39, 0.29) is 0 Å². The van der Waals surface area contributed by atoms with Crippen LogP contribution in [0.2, 0.25) is 0 Å². The van der Waals surface area contributed by atoms with Crippen LogP contribution in [0.5, 0.6) is 0 Å². The number of halogens is 3. The van der Waals surface area contributed by atoms with Gasteiger partial charge >= 0.3 is 6.18 Å². The maximum absolute atomic E-state index is 12.7. The van der Waals surface area contributed by atoms with Gasteiger partial charge in [-0.15, -0.1) is 0 Å². The molecule has 25 heavy (non-hydrogen) atoms. The number of benzene rings is 1. The van der Waals surface area contributed by atoms with Crippen molar-refractivity contribution in [2.75, 3.05) is 0 Å². The molecule has 4 rings (SSSR count). The molecule has 0 amide bonds. The molecule has 0 aliphatic carbocycles. The molecule has 3 heterocycles. The molecule has 124 valence electrons. The van der Waals surface area contributed by atoms with Crippen molar-refractivity contribution < 1.29 is 13.2 Å². The molecule has 5 nitrogen and oxygen atoms in total. The fourth-order valence-electron chi connectivity index (χ4n) is 2.50. The van der Waals surface area contributed by atoms with E-state index < -0.39 is 11.9 Å². The lowest BCUT2D eigenvalue weighted by Crippen LogP contribution is -2.07. The Bertz CT molecular complexity index is 1040. The Morgan fingerprint density at radius 3 is 2.36 bits per heavy atom. The summed E-state index contributed by atoms with van der Waals surface area (Å²) in [7, 11) is 0. The average Bonchev–Trinajstić information content (AvgIpc) is 3.10. The fourth-order valence-corrected chi connectivity index (χ4v) is 2.50. The standard InChI is InChI=1S/C17H10F3N5/c18-17(19,20)15-6-5-10(7-22-15)16-11(8-23-25-16)14-9-21-12-3-1-2-4-13(12)24-14/h1-9H,(H,23,25). The van der Waals surface area contributed by atoms with Gasteiger partial charge in [0.05, 0.1) is 34.8 Å². The van der Waals surface area contributed by atoms with E-state index >= 15 is 0 Å². The van der Waals surface area contributed by atoms with Crippen LogP contribution in [0.4, 0.5) is 13.2 Å². The first-order chi connectivity index (χ1) is 12.0. The third-order valence-corrected chi connectivity index (χ3v) is 3.71. The second-order valence-electron chi connectivity index (χ2n) is 5.33. The van der Waals surface area contributed by atoms with Crippen molar-refractivity contribution in [1.82, 2.24) is 25.1 Å². The normalized spacial score (nSPS) is 11.8. The summed E-state index contributed by atoms with van der Waals surface area (Å²) in [6.45, 7) is 0. The molecule has 0 saturated heterocycles. The van der Waals surface area contributed by atoms with Crippen LogP contribution < -0.4 is 0 Å². The lowest BCUT2D eigenvalue weighted by atomic mass is 10.1. The summed E-state index contributed by atoms with van der Waals surface area (Å²) in [5.74, 6) is 0. The van der Waals surface area contributed by atoms with Gasteiger partial charge < -0.3 is 0 Å². The summed E-state index contributed by atoms with van der Waals surface area (Å²) in [5, 5.41) is 6.77. The Morgan fingerprint density at radius 2 is 1.64 bits per heavy atom. The lowest BCUT2D eigenvalue weighted by molar-refractivity contribution is -0.141. The van der Waals surface area contributed by atoms with E-state index in [1.54, 1.807) is 12.4 Å². The van der Waals surface area contributed by atoms with Crippen LogP contribution in [-0.2, 0) is 6.18 Å². The molecule has 0 aliphatic rings. The van der Waals surface area contributed by atoms with Crippen molar-refractivity contribution in [3.63, 3.8) is 0 Å². The highest BCUT2D eigenvalue weighted by molar-refractivity contribution is 5.82. The van der Waals surface area contributed by atoms with Gasteiger partial charge in [-0.05, 0) is 24.3 Å². The highest BCUT2D eigenvalue weighted by atomic mass is 19.4. The molecule has 4 aromatic rings. The van der Waals surface area contributed by atoms with E-state index in [4.69, 9.17) is 0 Å². The number of nitrogens with zero attached hydrogens (tertiary/aromatic N) is 4. The van der Waals surface area contributed by atoms with E-state index in [9.17, 15) is 13.2 Å². The minimum Gasteiger partial charge on any atom is -0.277 e. The second-order valence-corrected chi connectivity index (χ2v) is 5.33. The van der Waals surface area contributed by atoms with Gasteiger partial charge in [-0.2, -0.15) is 18.3 Å². The molecular weight excluding hydrogens is 331 g/mol. The predicted octanol–water partition coefficient (Wildman–Crippen LogP) is 4.10. The molecule has 8 heteroatoms. The lowest BCUT2D eigenvalue weighted by Gasteiger charge is -2.07. The Morgan fingerprint density at radius 1 is 0.840 bits per heavy atom. The quantitative estimate of drug-likeness (QED) is 0.596. The van der Waals surface area contributed by atoms with E-state index in [2.05, 4.69) is 25.1 Å². The van der Waals surface area contributed by atoms with Gasteiger partial charge in [0.2, 0.25) is 0 Å². The van der Waals surface area contributed by atoms with Crippen LogP contribution in [0.3, 0.4) is 0 Å². The maximum atomic E-state index is 12.7. The Hall–Kier alpha value is -3.29. The number of hydrogen-bond donors (Lipinski definition) is 1. The molecule has 0 atom stereocenters. The van der Waals surface area contributed by atoms with Crippen molar-refractivity contribution in [3.05, 3.63) is 60.7 Å². The zero-order valence-electron chi connectivity index (χ0n) is 12.6. The number of fused-ring (bicyclic) bond motifs is 1. The number of H-pyrrole nitrogens is 1. The van der Waals surface area contributed by atoms with Gasteiger partial charge in [-0.3, -0.25) is 15.1 Å². The van der Waals surface area contributed by atoms with E-state index in [1.165, 1.54) is 6.07 Å². The fraction of sp³-hybridized carbons (Fsp3) is 0.0588. The van der Waals surface area contributed by atoms with Crippen molar-refractivity contribution in [3.8, 4) is 22.5 Å². The van der Waals surface area contributed by atoms with Crippen molar-refractivity contribution >= 4 is 11.0 Å². The molecule has 0 aliphatic heterocycles. The summed E-state index contributed by atoms with van der Waals surface area (Å²) in [6, 6.07) is 9.70. The predicted molar refractivity (Wildman–Crippen MR) is 85.4 cm³/mol. The SMILES string of the molecule is FC(F)(F)c1ccc(-c2[nH]ncc2-c2cnc3ccccc3n2)cn1. The van der Waals surface area contributed by atoms with Crippen LogP contribution in [0.1, 0.15) is 5.69 Å². The van der Waals surface area contributed by atoms with Gasteiger partial charge in [-0.1, -0.05) is 12.1 Å². The number of aromatic amines is 1. The highest BCUT2D eigenvalue weighted by Crippen LogP contribution is 2.32.